The van der Waals surface area contributed by atoms with Gasteiger partial charge in [-0.3, -0.25) is 14.5 Å². The molecule has 1 aliphatic carbocycles. The molecule has 2 heterocycles. The third-order valence-corrected chi connectivity index (χ3v) is 5.83. The van der Waals surface area contributed by atoms with Crippen molar-refractivity contribution in [3.05, 3.63) is 57.9 Å². The van der Waals surface area contributed by atoms with Crippen LogP contribution in [0.2, 0.25) is 0 Å². The summed E-state index contributed by atoms with van der Waals surface area (Å²) in [5.41, 5.74) is 2.11. The van der Waals surface area contributed by atoms with Gasteiger partial charge in [0, 0.05) is 5.69 Å². The molecule has 0 saturated carbocycles. The molecule has 2 aliphatic rings. The van der Waals surface area contributed by atoms with Crippen LogP contribution >= 0.6 is 0 Å². The van der Waals surface area contributed by atoms with Gasteiger partial charge in [-0.1, -0.05) is 24.3 Å². The monoisotopic (exact) mass is 395 g/mol. The summed E-state index contributed by atoms with van der Waals surface area (Å²) in [6.07, 6.45) is 1.15. The molecule has 150 valence electrons. The summed E-state index contributed by atoms with van der Waals surface area (Å²) < 4.78 is 4.76. The molecular formula is C21H21N3O5. The highest BCUT2D eigenvalue weighted by Gasteiger charge is 2.55. The van der Waals surface area contributed by atoms with E-state index in [-0.39, 0.29) is 11.3 Å². The number of hydrogen-bond acceptors (Lipinski definition) is 5. The maximum Gasteiger partial charge on any atom is 0.339 e. The number of fused-ring (bicyclic) bond motifs is 2. The van der Waals surface area contributed by atoms with Crippen molar-refractivity contribution in [1.29, 1.82) is 0 Å². The van der Waals surface area contributed by atoms with Gasteiger partial charge in [-0.05, 0) is 43.4 Å². The zero-order valence-corrected chi connectivity index (χ0v) is 16.4. The lowest BCUT2D eigenvalue weighted by Gasteiger charge is -2.22. The molecule has 1 aliphatic heterocycles. The van der Waals surface area contributed by atoms with E-state index in [0.29, 0.717) is 24.1 Å². The summed E-state index contributed by atoms with van der Waals surface area (Å²) in [6.45, 7) is 2.88. The number of H-pyrrole nitrogens is 1. The number of aryl methyl sites for hydroxylation is 2. The van der Waals surface area contributed by atoms with E-state index in [9.17, 15) is 19.2 Å². The Bertz CT molecular complexity index is 1070. The van der Waals surface area contributed by atoms with Crippen molar-refractivity contribution in [2.75, 3.05) is 13.7 Å². The molecule has 29 heavy (non-hydrogen) atoms. The zero-order valence-electron chi connectivity index (χ0n) is 16.4. The van der Waals surface area contributed by atoms with Gasteiger partial charge in [-0.2, -0.15) is 0 Å². The molecule has 8 nitrogen and oxygen atoms in total. The van der Waals surface area contributed by atoms with Crippen molar-refractivity contribution >= 4 is 23.7 Å². The Balaban J connectivity index is 1.62. The number of esters is 1. The predicted octanol–water partition coefficient (Wildman–Crippen LogP) is 1.99. The van der Waals surface area contributed by atoms with E-state index >= 15 is 0 Å². The number of ether oxygens (including phenoxy) is 1. The highest BCUT2D eigenvalue weighted by Crippen LogP contribution is 2.41. The minimum atomic E-state index is -1.11. The number of aromatic nitrogens is 1. The van der Waals surface area contributed by atoms with E-state index in [1.54, 1.807) is 13.8 Å². The molecule has 3 amide bonds. The van der Waals surface area contributed by atoms with Gasteiger partial charge in [0.05, 0.1) is 24.9 Å². The van der Waals surface area contributed by atoms with Gasteiger partial charge < -0.3 is 15.0 Å². The third-order valence-electron chi connectivity index (χ3n) is 5.83. The van der Waals surface area contributed by atoms with Crippen LogP contribution in [0.25, 0.3) is 0 Å². The summed E-state index contributed by atoms with van der Waals surface area (Å²) >= 11 is 0. The summed E-state index contributed by atoms with van der Waals surface area (Å²) in [6, 6.07) is 6.92. The van der Waals surface area contributed by atoms with Gasteiger partial charge in [0.1, 0.15) is 5.54 Å². The molecule has 1 spiro atoms. The van der Waals surface area contributed by atoms with Crippen LogP contribution < -0.4 is 5.32 Å². The Hall–Kier alpha value is -3.42. The fourth-order valence-corrected chi connectivity index (χ4v) is 4.39. The first-order valence-electron chi connectivity index (χ1n) is 9.33. The van der Waals surface area contributed by atoms with Crippen LogP contribution in [0.1, 0.15) is 49.7 Å². The fraction of sp³-hybridized carbons (Fsp3) is 0.333. The number of ketones is 1. The van der Waals surface area contributed by atoms with Gasteiger partial charge in [-0.25, -0.2) is 9.59 Å². The number of rotatable bonds is 4. The normalized spacial score (nSPS) is 20.2. The van der Waals surface area contributed by atoms with Crippen molar-refractivity contribution in [2.24, 2.45) is 0 Å². The molecular weight excluding hydrogens is 374 g/mol. The average molecular weight is 395 g/mol. The number of urea groups is 1. The minimum absolute atomic E-state index is 0.191. The number of nitrogens with one attached hydrogen (secondary N) is 2. The number of aromatic amines is 1. The molecule has 2 N–H and O–H groups in total. The third kappa shape index (κ3) is 2.66. The number of Topliss-reactive ketones (excluding diaryl/α,β-unsaturated/α-hetero) is 1. The highest BCUT2D eigenvalue weighted by molar-refractivity contribution is 6.12. The van der Waals surface area contributed by atoms with Gasteiger partial charge in [-0.15, -0.1) is 0 Å². The van der Waals surface area contributed by atoms with Gasteiger partial charge in [0.2, 0.25) is 0 Å². The predicted molar refractivity (Wildman–Crippen MR) is 103 cm³/mol. The first-order valence-corrected chi connectivity index (χ1v) is 9.33. The van der Waals surface area contributed by atoms with Crippen LogP contribution in [-0.2, 0) is 21.5 Å². The van der Waals surface area contributed by atoms with E-state index in [4.69, 9.17) is 4.74 Å². The Morgan fingerprint density at radius 2 is 1.93 bits per heavy atom. The van der Waals surface area contributed by atoms with Crippen molar-refractivity contribution in [3.8, 4) is 0 Å². The van der Waals surface area contributed by atoms with Crippen LogP contribution in [0.15, 0.2) is 24.3 Å². The molecule has 0 bridgehead atoms. The van der Waals surface area contributed by atoms with Gasteiger partial charge >= 0.3 is 12.0 Å². The Morgan fingerprint density at radius 3 is 2.66 bits per heavy atom. The lowest BCUT2D eigenvalue weighted by molar-refractivity contribution is -0.131. The molecule has 1 aromatic carbocycles. The van der Waals surface area contributed by atoms with Crippen LogP contribution in [0, 0.1) is 13.8 Å². The van der Waals surface area contributed by atoms with Crippen molar-refractivity contribution in [3.63, 3.8) is 0 Å². The highest BCUT2D eigenvalue weighted by atomic mass is 16.5. The number of imide groups is 1. The maximum absolute atomic E-state index is 13.2. The lowest BCUT2D eigenvalue weighted by Crippen LogP contribution is -2.42. The molecule has 4 rings (SSSR count). The molecule has 1 saturated heterocycles. The standard InChI is InChI=1S/C21H21N3O5/c1-11-16(18(26)29-3)12(2)22-17(11)15(25)10-24-19(27)21(23-20(24)28)9-8-13-6-4-5-7-14(13)21/h4-7,22H,8-10H2,1-3H3,(H,23,28). The van der Waals surface area contributed by atoms with Crippen LogP contribution in [0.5, 0.6) is 0 Å². The quantitative estimate of drug-likeness (QED) is 0.468. The molecule has 2 aromatic rings. The van der Waals surface area contributed by atoms with E-state index in [1.165, 1.54) is 7.11 Å². The molecule has 1 fully saturated rings. The van der Waals surface area contributed by atoms with Gasteiger partial charge in [0.25, 0.3) is 5.91 Å². The number of nitrogens with zero attached hydrogens (tertiary/aromatic N) is 1. The van der Waals surface area contributed by atoms with E-state index in [2.05, 4.69) is 10.3 Å². The summed E-state index contributed by atoms with van der Waals surface area (Å²) in [7, 11) is 1.27. The largest absolute Gasteiger partial charge is 0.465 e. The molecule has 1 atom stereocenters. The first kappa shape index (κ1) is 18.9. The second-order valence-electron chi connectivity index (χ2n) is 7.42. The average Bonchev–Trinajstić information content (AvgIpc) is 3.30. The number of hydrogen-bond donors (Lipinski definition) is 2. The summed E-state index contributed by atoms with van der Waals surface area (Å²) in [5, 5.41) is 2.80. The Labute approximate surface area is 167 Å². The van der Waals surface area contributed by atoms with E-state index < -0.39 is 35.8 Å². The second kappa shape index (κ2) is 6.58. The Morgan fingerprint density at radius 1 is 1.21 bits per heavy atom. The number of carbonyl (C=O) groups is 4. The SMILES string of the molecule is COC(=O)c1c(C)[nH]c(C(=O)CN2C(=O)NC3(CCc4ccccc43)C2=O)c1C. The Kier molecular flexibility index (Phi) is 4.29. The second-order valence-corrected chi connectivity index (χ2v) is 7.42. The van der Waals surface area contributed by atoms with Crippen molar-refractivity contribution in [1.82, 2.24) is 15.2 Å². The zero-order chi connectivity index (χ0) is 20.9. The van der Waals surface area contributed by atoms with Crippen LogP contribution in [0.3, 0.4) is 0 Å². The number of carbonyl (C=O) groups excluding carboxylic acids is 4. The fourth-order valence-electron chi connectivity index (χ4n) is 4.39. The molecule has 8 heteroatoms. The maximum atomic E-state index is 13.2. The summed E-state index contributed by atoms with van der Waals surface area (Å²) in [5.74, 6) is -1.42. The smallest absolute Gasteiger partial charge is 0.339 e. The number of benzene rings is 1. The summed E-state index contributed by atoms with van der Waals surface area (Å²) in [4.78, 5) is 54.4. The van der Waals surface area contributed by atoms with E-state index in [1.807, 2.05) is 24.3 Å². The molecule has 1 unspecified atom stereocenters. The molecule has 1 aromatic heterocycles. The number of amides is 3. The first-order chi connectivity index (χ1) is 13.8. The van der Waals surface area contributed by atoms with Crippen molar-refractivity contribution in [2.45, 2.75) is 32.2 Å². The van der Waals surface area contributed by atoms with Crippen molar-refractivity contribution < 1.29 is 23.9 Å². The van der Waals surface area contributed by atoms with Crippen LogP contribution in [0.4, 0.5) is 4.79 Å². The molecule has 0 radical (unpaired) electrons. The minimum Gasteiger partial charge on any atom is -0.465 e. The topological polar surface area (TPSA) is 109 Å². The number of methoxy groups -OCH3 is 1. The van der Waals surface area contributed by atoms with Gasteiger partial charge in [0.15, 0.2) is 5.78 Å². The van der Waals surface area contributed by atoms with Crippen LogP contribution in [-0.4, -0.2) is 47.2 Å². The lowest BCUT2D eigenvalue weighted by atomic mass is 9.92. The van der Waals surface area contributed by atoms with E-state index in [0.717, 1.165) is 16.0 Å².